The van der Waals surface area contributed by atoms with Crippen molar-refractivity contribution in [3.8, 4) is 0 Å². The molecule has 1 atom stereocenters. The molecule has 0 N–H and O–H groups in total. The Hall–Kier alpha value is -0.0400. The highest BCUT2D eigenvalue weighted by Crippen LogP contribution is 2.26. The minimum absolute atomic E-state index is 0.492. The first-order chi connectivity index (χ1) is 4.08. The van der Waals surface area contributed by atoms with E-state index in [0.717, 1.165) is 6.61 Å². The molecule has 1 heterocycles. The molecule has 0 radical (unpaired) electrons. The number of epoxide rings is 1. The molecule has 0 aromatic rings. The van der Waals surface area contributed by atoms with Crippen LogP contribution in [-0.4, -0.2) is 12.7 Å². The average molecular weight is 128 g/mol. The monoisotopic (exact) mass is 128 g/mol. The second-order valence-corrected chi connectivity index (χ2v) is 4.05. The molecule has 0 unspecified atom stereocenters. The molecule has 0 bridgehead atoms. The Bertz CT molecular complexity index is 87.2. The van der Waals surface area contributed by atoms with E-state index in [9.17, 15) is 0 Å². The molecular formula is C8H16O. The van der Waals surface area contributed by atoms with Gasteiger partial charge in [-0.15, -0.1) is 0 Å². The van der Waals surface area contributed by atoms with Crippen LogP contribution in [-0.2, 0) is 4.74 Å². The van der Waals surface area contributed by atoms with E-state index in [2.05, 4.69) is 20.8 Å². The fourth-order valence-electron chi connectivity index (χ4n) is 0.829. The molecule has 1 saturated heterocycles. The maximum atomic E-state index is 5.10. The van der Waals surface area contributed by atoms with Crippen LogP contribution in [0, 0.1) is 5.41 Å². The summed E-state index contributed by atoms with van der Waals surface area (Å²) in [4.78, 5) is 0. The molecule has 0 aromatic carbocycles. The third-order valence-electron chi connectivity index (χ3n) is 1.62. The predicted octanol–water partition coefficient (Wildman–Crippen LogP) is 2.21. The summed E-state index contributed by atoms with van der Waals surface area (Å²) in [5.41, 5.74) is 0.492. The topological polar surface area (TPSA) is 12.5 Å². The van der Waals surface area contributed by atoms with E-state index in [-0.39, 0.29) is 0 Å². The maximum absolute atomic E-state index is 5.10. The second kappa shape index (κ2) is 2.30. The van der Waals surface area contributed by atoms with Crippen molar-refractivity contribution in [2.45, 2.75) is 39.7 Å². The van der Waals surface area contributed by atoms with Crippen molar-refractivity contribution in [3.05, 3.63) is 0 Å². The number of rotatable bonds is 2. The van der Waals surface area contributed by atoms with Crippen molar-refractivity contribution in [1.29, 1.82) is 0 Å². The second-order valence-electron chi connectivity index (χ2n) is 4.05. The highest BCUT2D eigenvalue weighted by molar-refractivity contribution is 4.72. The summed E-state index contributed by atoms with van der Waals surface area (Å²) in [6.45, 7) is 7.83. The zero-order valence-corrected chi connectivity index (χ0v) is 6.61. The largest absolute Gasteiger partial charge is 0.373 e. The molecule has 0 amide bonds. The van der Waals surface area contributed by atoms with E-state index < -0.39 is 0 Å². The van der Waals surface area contributed by atoms with Crippen LogP contribution >= 0.6 is 0 Å². The lowest BCUT2D eigenvalue weighted by Gasteiger charge is -2.16. The quantitative estimate of drug-likeness (QED) is 0.519. The Morgan fingerprint density at radius 2 is 2.00 bits per heavy atom. The van der Waals surface area contributed by atoms with Crippen molar-refractivity contribution in [1.82, 2.24) is 0 Å². The van der Waals surface area contributed by atoms with Gasteiger partial charge in [0, 0.05) is 0 Å². The van der Waals surface area contributed by atoms with E-state index >= 15 is 0 Å². The lowest BCUT2D eigenvalue weighted by molar-refractivity contribution is 0.321. The molecule has 1 fully saturated rings. The Kier molecular flexibility index (Phi) is 1.80. The van der Waals surface area contributed by atoms with Crippen LogP contribution in [0.4, 0.5) is 0 Å². The first kappa shape index (κ1) is 7.07. The lowest BCUT2D eigenvalue weighted by atomic mass is 9.90. The third-order valence-corrected chi connectivity index (χ3v) is 1.62. The molecule has 0 saturated carbocycles. The molecular weight excluding hydrogens is 112 g/mol. The molecule has 54 valence electrons. The number of hydrogen-bond donors (Lipinski definition) is 0. The standard InChI is InChI=1S/C8H16O/c1-8(2,3)5-4-7-6-9-7/h7H,4-6H2,1-3H3/t7-/m0/s1. The van der Waals surface area contributed by atoms with E-state index in [1.54, 1.807) is 0 Å². The van der Waals surface area contributed by atoms with Crippen LogP contribution < -0.4 is 0 Å². The molecule has 0 spiro atoms. The van der Waals surface area contributed by atoms with Crippen LogP contribution in [0.2, 0.25) is 0 Å². The Balaban J connectivity index is 2.03. The zero-order chi connectivity index (χ0) is 6.91. The smallest absolute Gasteiger partial charge is 0.0810 e. The van der Waals surface area contributed by atoms with Gasteiger partial charge in [-0.05, 0) is 18.3 Å². The fourth-order valence-corrected chi connectivity index (χ4v) is 0.829. The van der Waals surface area contributed by atoms with Crippen LogP contribution in [0.25, 0.3) is 0 Å². The van der Waals surface area contributed by atoms with Gasteiger partial charge in [-0.2, -0.15) is 0 Å². The summed E-state index contributed by atoms with van der Waals surface area (Å²) in [5, 5.41) is 0. The summed E-state index contributed by atoms with van der Waals surface area (Å²) in [6, 6.07) is 0. The predicted molar refractivity (Wildman–Crippen MR) is 38.4 cm³/mol. The van der Waals surface area contributed by atoms with Crippen LogP contribution in [0.15, 0.2) is 0 Å². The van der Waals surface area contributed by atoms with E-state index in [1.165, 1.54) is 12.8 Å². The SMILES string of the molecule is CC(C)(C)CC[C@H]1CO1. The molecule has 0 aliphatic carbocycles. The number of hydrogen-bond acceptors (Lipinski definition) is 1. The van der Waals surface area contributed by atoms with Crippen LogP contribution in [0.3, 0.4) is 0 Å². The minimum atomic E-state index is 0.492. The van der Waals surface area contributed by atoms with Crippen LogP contribution in [0.1, 0.15) is 33.6 Å². The molecule has 1 aliphatic heterocycles. The zero-order valence-electron chi connectivity index (χ0n) is 6.61. The van der Waals surface area contributed by atoms with Gasteiger partial charge >= 0.3 is 0 Å². The van der Waals surface area contributed by atoms with Gasteiger partial charge in [0.15, 0.2) is 0 Å². The Morgan fingerprint density at radius 3 is 2.33 bits per heavy atom. The third kappa shape index (κ3) is 3.52. The van der Waals surface area contributed by atoms with E-state index in [0.29, 0.717) is 11.5 Å². The summed E-state index contributed by atoms with van der Waals surface area (Å²) < 4.78 is 5.10. The van der Waals surface area contributed by atoms with Crippen molar-refractivity contribution in [2.75, 3.05) is 6.61 Å². The van der Waals surface area contributed by atoms with Crippen molar-refractivity contribution >= 4 is 0 Å². The summed E-state index contributed by atoms with van der Waals surface area (Å²) in [6.07, 6.45) is 3.16. The molecule has 1 rings (SSSR count). The van der Waals surface area contributed by atoms with Crippen molar-refractivity contribution < 1.29 is 4.74 Å². The molecule has 1 heteroatoms. The van der Waals surface area contributed by atoms with Gasteiger partial charge in [0.25, 0.3) is 0 Å². The Labute approximate surface area is 57.4 Å². The van der Waals surface area contributed by atoms with Gasteiger partial charge in [0.05, 0.1) is 12.7 Å². The number of ether oxygens (including phenoxy) is 1. The average Bonchev–Trinajstić information content (AvgIpc) is 2.38. The van der Waals surface area contributed by atoms with Gasteiger partial charge in [0.2, 0.25) is 0 Å². The van der Waals surface area contributed by atoms with Crippen molar-refractivity contribution in [2.24, 2.45) is 5.41 Å². The Morgan fingerprint density at radius 1 is 1.44 bits per heavy atom. The van der Waals surface area contributed by atoms with Gasteiger partial charge in [-0.3, -0.25) is 0 Å². The van der Waals surface area contributed by atoms with Gasteiger partial charge in [-0.1, -0.05) is 20.8 Å². The fraction of sp³-hybridized carbons (Fsp3) is 1.00. The first-order valence-corrected chi connectivity index (χ1v) is 3.69. The van der Waals surface area contributed by atoms with Crippen molar-refractivity contribution in [3.63, 3.8) is 0 Å². The molecule has 1 nitrogen and oxygen atoms in total. The first-order valence-electron chi connectivity index (χ1n) is 3.69. The molecule has 0 aromatic heterocycles. The normalized spacial score (nSPS) is 26.3. The van der Waals surface area contributed by atoms with Crippen LogP contribution in [0.5, 0.6) is 0 Å². The van der Waals surface area contributed by atoms with E-state index in [1.807, 2.05) is 0 Å². The summed E-state index contributed by atoms with van der Waals surface area (Å²) in [7, 11) is 0. The summed E-state index contributed by atoms with van der Waals surface area (Å²) >= 11 is 0. The van der Waals surface area contributed by atoms with Gasteiger partial charge < -0.3 is 4.74 Å². The van der Waals surface area contributed by atoms with Gasteiger partial charge in [0.1, 0.15) is 0 Å². The highest BCUT2D eigenvalue weighted by atomic mass is 16.6. The lowest BCUT2D eigenvalue weighted by Crippen LogP contribution is -2.05. The molecule has 9 heavy (non-hydrogen) atoms. The highest BCUT2D eigenvalue weighted by Gasteiger charge is 2.24. The minimum Gasteiger partial charge on any atom is -0.373 e. The van der Waals surface area contributed by atoms with E-state index in [4.69, 9.17) is 4.74 Å². The molecule has 1 aliphatic rings. The van der Waals surface area contributed by atoms with Gasteiger partial charge in [-0.25, -0.2) is 0 Å². The summed E-state index contributed by atoms with van der Waals surface area (Å²) in [5.74, 6) is 0. The maximum Gasteiger partial charge on any atom is 0.0810 e.